The van der Waals surface area contributed by atoms with Crippen molar-refractivity contribution in [1.82, 2.24) is 9.78 Å². The zero-order chi connectivity index (χ0) is 11.4. The number of rotatable bonds is 4. The fourth-order valence-corrected chi connectivity index (χ4v) is 1.60. The average Bonchev–Trinajstić information content (AvgIpc) is 2.83. The van der Waals surface area contributed by atoms with Gasteiger partial charge in [-0.3, -0.25) is 0 Å². The molecule has 4 heteroatoms. The van der Waals surface area contributed by atoms with E-state index in [1.165, 1.54) is 0 Å². The van der Waals surface area contributed by atoms with Crippen molar-refractivity contribution < 1.29 is 5.11 Å². The molecule has 2 aromatic rings. The van der Waals surface area contributed by atoms with Gasteiger partial charge in [0.25, 0.3) is 0 Å². The quantitative estimate of drug-likeness (QED) is 0.810. The number of nitrogens with two attached hydrogens (primary N) is 1. The molecule has 2 rings (SSSR count). The molecule has 0 saturated carbocycles. The third-order valence-electron chi connectivity index (χ3n) is 2.49. The number of hydrogen-bond acceptors (Lipinski definition) is 3. The smallest absolute Gasteiger partial charge is 0.0802 e. The number of aromatic nitrogens is 2. The van der Waals surface area contributed by atoms with Crippen LogP contribution in [0.4, 0.5) is 0 Å². The molecule has 0 fully saturated rings. The van der Waals surface area contributed by atoms with E-state index in [0.717, 1.165) is 11.3 Å². The van der Waals surface area contributed by atoms with E-state index in [1.807, 2.05) is 36.5 Å². The van der Waals surface area contributed by atoms with Crippen LogP contribution in [0.25, 0.3) is 5.69 Å². The molecule has 0 aliphatic rings. The van der Waals surface area contributed by atoms with Gasteiger partial charge in [0.05, 0.1) is 11.8 Å². The molecule has 0 bridgehead atoms. The van der Waals surface area contributed by atoms with E-state index in [1.54, 1.807) is 10.9 Å². The van der Waals surface area contributed by atoms with Gasteiger partial charge in [-0.25, -0.2) is 4.68 Å². The van der Waals surface area contributed by atoms with Gasteiger partial charge in [-0.2, -0.15) is 5.10 Å². The summed E-state index contributed by atoms with van der Waals surface area (Å²) in [5.74, 6) is 0. The highest BCUT2D eigenvalue weighted by Gasteiger charge is 2.06. The molecule has 0 saturated heterocycles. The molecular weight excluding hydrogens is 202 g/mol. The van der Waals surface area contributed by atoms with Crippen LogP contribution in [0.5, 0.6) is 0 Å². The van der Waals surface area contributed by atoms with Crippen molar-refractivity contribution >= 4 is 0 Å². The molecule has 0 amide bonds. The second-order valence-corrected chi connectivity index (χ2v) is 3.64. The average molecular weight is 217 g/mol. The normalized spacial score (nSPS) is 12.6. The lowest BCUT2D eigenvalue weighted by Gasteiger charge is -2.10. The van der Waals surface area contributed by atoms with Crippen molar-refractivity contribution in [3.05, 3.63) is 48.3 Å². The Labute approximate surface area is 94.3 Å². The van der Waals surface area contributed by atoms with Crippen LogP contribution < -0.4 is 5.73 Å². The Morgan fingerprint density at radius 3 is 2.62 bits per heavy atom. The number of aliphatic hydroxyl groups is 1. The molecule has 1 aromatic carbocycles. The van der Waals surface area contributed by atoms with Gasteiger partial charge in [0.15, 0.2) is 0 Å². The minimum absolute atomic E-state index is 0.475. The second-order valence-electron chi connectivity index (χ2n) is 3.64. The van der Waals surface area contributed by atoms with Crippen LogP contribution in [0.2, 0.25) is 0 Å². The fraction of sp³-hybridized carbons (Fsp3) is 0.250. The van der Waals surface area contributed by atoms with Crippen molar-refractivity contribution in [2.45, 2.75) is 12.5 Å². The van der Waals surface area contributed by atoms with E-state index in [9.17, 15) is 5.11 Å². The minimum atomic E-state index is -0.475. The van der Waals surface area contributed by atoms with Crippen molar-refractivity contribution in [2.75, 3.05) is 6.54 Å². The van der Waals surface area contributed by atoms with Crippen LogP contribution >= 0.6 is 0 Å². The van der Waals surface area contributed by atoms with E-state index < -0.39 is 6.10 Å². The lowest BCUT2D eigenvalue weighted by Crippen LogP contribution is -2.06. The molecule has 4 nitrogen and oxygen atoms in total. The van der Waals surface area contributed by atoms with Gasteiger partial charge in [0.1, 0.15) is 0 Å². The van der Waals surface area contributed by atoms with Crippen LogP contribution in [0, 0.1) is 0 Å². The van der Waals surface area contributed by atoms with Gasteiger partial charge in [-0.1, -0.05) is 12.1 Å². The lowest BCUT2D eigenvalue weighted by atomic mass is 10.1. The van der Waals surface area contributed by atoms with Crippen molar-refractivity contribution in [3.8, 4) is 5.69 Å². The summed E-state index contributed by atoms with van der Waals surface area (Å²) < 4.78 is 1.78. The van der Waals surface area contributed by atoms with E-state index in [4.69, 9.17) is 5.73 Å². The molecule has 1 heterocycles. The highest BCUT2D eigenvalue weighted by Crippen LogP contribution is 2.17. The minimum Gasteiger partial charge on any atom is -0.388 e. The van der Waals surface area contributed by atoms with Crippen molar-refractivity contribution in [2.24, 2.45) is 5.73 Å². The van der Waals surface area contributed by atoms with Gasteiger partial charge >= 0.3 is 0 Å². The molecule has 0 radical (unpaired) electrons. The maximum atomic E-state index is 9.74. The topological polar surface area (TPSA) is 64.1 Å². The Morgan fingerprint density at radius 2 is 2.06 bits per heavy atom. The summed E-state index contributed by atoms with van der Waals surface area (Å²) in [6.45, 7) is 0.488. The van der Waals surface area contributed by atoms with Gasteiger partial charge in [0, 0.05) is 12.4 Å². The summed E-state index contributed by atoms with van der Waals surface area (Å²) in [7, 11) is 0. The van der Waals surface area contributed by atoms with E-state index in [2.05, 4.69) is 5.10 Å². The Morgan fingerprint density at radius 1 is 1.31 bits per heavy atom. The second kappa shape index (κ2) is 4.92. The molecule has 3 N–H and O–H groups in total. The largest absolute Gasteiger partial charge is 0.388 e. The van der Waals surface area contributed by atoms with E-state index in [-0.39, 0.29) is 0 Å². The monoisotopic (exact) mass is 217 g/mol. The van der Waals surface area contributed by atoms with Crippen LogP contribution in [0.15, 0.2) is 42.7 Å². The first kappa shape index (κ1) is 10.9. The SMILES string of the molecule is NCCC(O)c1ccc(-n2cccn2)cc1. The summed E-state index contributed by atoms with van der Waals surface area (Å²) in [4.78, 5) is 0. The number of benzene rings is 1. The summed E-state index contributed by atoms with van der Waals surface area (Å²) in [5, 5.41) is 13.9. The molecule has 84 valence electrons. The van der Waals surface area contributed by atoms with Gasteiger partial charge in [0.2, 0.25) is 0 Å². The Balaban J connectivity index is 2.16. The molecule has 1 unspecified atom stereocenters. The summed E-state index contributed by atoms with van der Waals surface area (Å²) in [6, 6.07) is 9.54. The van der Waals surface area contributed by atoms with Crippen LogP contribution in [0.1, 0.15) is 18.1 Å². The zero-order valence-corrected chi connectivity index (χ0v) is 8.95. The number of hydrogen-bond donors (Lipinski definition) is 2. The van der Waals surface area contributed by atoms with E-state index in [0.29, 0.717) is 13.0 Å². The van der Waals surface area contributed by atoms with Gasteiger partial charge in [-0.15, -0.1) is 0 Å². The summed E-state index contributed by atoms with van der Waals surface area (Å²) >= 11 is 0. The standard InChI is InChI=1S/C12H15N3O/c13-7-6-12(16)10-2-4-11(5-3-10)15-9-1-8-14-15/h1-5,8-9,12,16H,6-7,13H2. The predicted molar refractivity (Wildman–Crippen MR) is 62.2 cm³/mol. The highest BCUT2D eigenvalue weighted by molar-refractivity contribution is 5.34. The number of nitrogens with zero attached hydrogens (tertiary/aromatic N) is 2. The molecule has 0 aliphatic heterocycles. The third-order valence-corrected chi connectivity index (χ3v) is 2.49. The Kier molecular flexibility index (Phi) is 3.34. The summed E-state index contributed by atoms with van der Waals surface area (Å²) in [6.07, 6.45) is 3.72. The van der Waals surface area contributed by atoms with Crippen LogP contribution in [0.3, 0.4) is 0 Å². The third kappa shape index (κ3) is 2.29. The van der Waals surface area contributed by atoms with Crippen molar-refractivity contribution in [3.63, 3.8) is 0 Å². The molecule has 1 aromatic heterocycles. The molecule has 16 heavy (non-hydrogen) atoms. The molecule has 1 atom stereocenters. The molecular formula is C12H15N3O. The van der Waals surface area contributed by atoms with E-state index >= 15 is 0 Å². The lowest BCUT2D eigenvalue weighted by molar-refractivity contribution is 0.170. The Hall–Kier alpha value is -1.65. The van der Waals surface area contributed by atoms with Crippen LogP contribution in [-0.2, 0) is 0 Å². The first-order valence-corrected chi connectivity index (χ1v) is 5.29. The number of aliphatic hydroxyl groups excluding tert-OH is 1. The first-order chi connectivity index (χ1) is 7.81. The zero-order valence-electron chi connectivity index (χ0n) is 8.95. The predicted octanol–water partition coefficient (Wildman–Crippen LogP) is 1.25. The van der Waals surface area contributed by atoms with Gasteiger partial charge < -0.3 is 10.8 Å². The molecule has 0 aliphatic carbocycles. The first-order valence-electron chi connectivity index (χ1n) is 5.29. The molecule has 0 spiro atoms. The Bertz CT molecular complexity index is 422. The fourth-order valence-electron chi connectivity index (χ4n) is 1.60. The van der Waals surface area contributed by atoms with Crippen LogP contribution in [-0.4, -0.2) is 21.4 Å². The van der Waals surface area contributed by atoms with Gasteiger partial charge in [-0.05, 0) is 36.7 Å². The van der Waals surface area contributed by atoms with Crippen molar-refractivity contribution in [1.29, 1.82) is 0 Å². The maximum Gasteiger partial charge on any atom is 0.0802 e. The summed E-state index contributed by atoms with van der Waals surface area (Å²) in [5.41, 5.74) is 7.27. The maximum absolute atomic E-state index is 9.74. The highest BCUT2D eigenvalue weighted by atomic mass is 16.3.